The van der Waals surface area contributed by atoms with Crippen LogP contribution in [-0.2, 0) is 11.8 Å². The van der Waals surface area contributed by atoms with Gasteiger partial charge in [-0.2, -0.15) is 0 Å². The molecule has 1 unspecified atom stereocenters. The fourth-order valence-corrected chi connectivity index (χ4v) is 3.59. The highest BCUT2D eigenvalue weighted by Gasteiger charge is 2.45. The number of rotatable bonds is 5. The van der Waals surface area contributed by atoms with Crippen molar-refractivity contribution in [3.05, 3.63) is 71.3 Å². The molecule has 0 spiro atoms. The van der Waals surface area contributed by atoms with Gasteiger partial charge in [0.1, 0.15) is 0 Å². The molecule has 1 aliphatic carbocycles. The highest BCUT2D eigenvalue weighted by Crippen LogP contribution is 2.51. The van der Waals surface area contributed by atoms with Crippen LogP contribution in [0.25, 0.3) is 0 Å². The topological polar surface area (TPSA) is 38.0 Å². The minimum absolute atomic E-state index is 0.143. The molecule has 0 amide bonds. The number of hydrogen-bond acceptors (Lipinski definition) is 2. The predicted molar refractivity (Wildman–Crippen MR) is 87.9 cm³/mol. The lowest BCUT2D eigenvalue weighted by Gasteiger charge is -2.48. The summed E-state index contributed by atoms with van der Waals surface area (Å²) in [7, 11) is 0. The van der Waals surface area contributed by atoms with Crippen molar-refractivity contribution in [2.24, 2.45) is 5.84 Å². The van der Waals surface area contributed by atoms with Crippen molar-refractivity contribution in [3.8, 4) is 0 Å². The molecule has 3 N–H and O–H groups in total. The Hall–Kier alpha value is -1.64. The van der Waals surface area contributed by atoms with Gasteiger partial charge in [0.05, 0.1) is 6.04 Å². The third-order valence-electron chi connectivity index (χ3n) is 5.04. The zero-order valence-corrected chi connectivity index (χ0v) is 12.7. The Morgan fingerprint density at radius 3 is 2.19 bits per heavy atom. The van der Waals surface area contributed by atoms with Gasteiger partial charge in [0.15, 0.2) is 0 Å². The van der Waals surface area contributed by atoms with E-state index in [-0.39, 0.29) is 11.5 Å². The first-order valence-corrected chi connectivity index (χ1v) is 7.90. The molecule has 2 aromatic carbocycles. The van der Waals surface area contributed by atoms with Crippen molar-refractivity contribution in [1.29, 1.82) is 0 Å². The van der Waals surface area contributed by atoms with Gasteiger partial charge >= 0.3 is 0 Å². The average molecular weight is 280 g/mol. The van der Waals surface area contributed by atoms with E-state index < -0.39 is 0 Å². The molecular weight excluding hydrogens is 256 g/mol. The molecule has 0 bridgehead atoms. The van der Waals surface area contributed by atoms with E-state index in [9.17, 15) is 0 Å². The first-order chi connectivity index (χ1) is 10.3. The van der Waals surface area contributed by atoms with E-state index >= 15 is 0 Å². The van der Waals surface area contributed by atoms with Gasteiger partial charge in [-0.05, 0) is 36.0 Å². The Kier molecular flexibility index (Phi) is 4.09. The Morgan fingerprint density at radius 1 is 1.05 bits per heavy atom. The molecule has 1 fully saturated rings. The fourth-order valence-electron chi connectivity index (χ4n) is 3.59. The predicted octanol–water partition coefficient (Wildman–Crippen LogP) is 3.88. The lowest BCUT2D eigenvalue weighted by atomic mass is 9.59. The molecule has 1 saturated carbocycles. The van der Waals surface area contributed by atoms with E-state index in [1.807, 2.05) is 0 Å². The monoisotopic (exact) mass is 280 g/mol. The molecule has 2 nitrogen and oxygen atoms in total. The summed E-state index contributed by atoms with van der Waals surface area (Å²) in [5, 5.41) is 0. The lowest BCUT2D eigenvalue weighted by molar-refractivity contribution is 0.170. The summed E-state index contributed by atoms with van der Waals surface area (Å²) in [4.78, 5) is 0. The van der Waals surface area contributed by atoms with E-state index in [0.29, 0.717) is 0 Å². The van der Waals surface area contributed by atoms with Crippen LogP contribution in [0, 0.1) is 0 Å². The van der Waals surface area contributed by atoms with Crippen LogP contribution in [0.4, 0.5) is 0 Å². The molecule has 1 atom stereocenters. The molecule has 0 aliphatic heterocycles. The minimum atomic E-state index is 0.143. The lowest BCUT2D eigenvalue weighted by Crippen LogP contribution is -2.48. The van der Waals surface area contributed by atoms with Crippen LogP contribution in [0.3, 0.4) is 0 Å². The summed E-state index contributed by atoms with van der Waals surface area (Å²) >= 11 is 0. The van der Waals surface area contributed by atoms with Crippen molar-refractivity contribution >= 4 is 0 Å². The van der Waals surface area contributed by atoms with Crippen LogP contribution in [0.1, 0.15) is 48.9 Å². The van der Waals surface area contributed by atoms with Gasteiger partial charge < -0.3 is 0 Å². The summed E-state index contributed by atoms with van der Waals surface area (Å²) in [5.41, 5.74) is 7.30. The number of aryl methyl sites for hydroxylation is 1. The summed E-state index contributed by atoms with van der Waals surface area (Å²) in [6.07, 6.45) is 4.74. The maximum atomic E-state index is 5.96. The molecule has 3 rings (SSSR count). The van der Waals surface area contributed by atoms with Crippen LogP contribution in [0.2, 0.25) is 0 Å². The van der Waals surface area contributed by atoms with Crippen molar-refractivity contribution < 1.29 is 0 Å². The fraction of sp³-hybridized carbons (Fsp3) is 0.368. The third kappa shape index (κ3) is 2.50. The summed E-state index contributed by atoms with van der Waals surface area (Å²) < 4.78 is 0. The van der Waals surface area contributed by atoms with E-state index in [1.54, 1.807) is 0 Å². The van der Waals surface area contributed by atoms with Crippen molar-refractivity contribution in [2.45, 2.75) is 44.1 Å². The zero-order valence-electron chi connectivity index (χ0n) is 12.7. The molecule has 2 heteroatoms. The molecule has 0 heterocycles. The Morgan fingerprint density at radius 2 is 1.71 bits per heavy atom. The van der Waals surface area contributed by atoms with Crippen molar-refractivity contribution in [3.63, 3.8) is 0 Å². The third-order valence-corrected chi connectivity index (χ3v) is 5.04. The number of hydrazine groups is 1. The summed E-state index contributed by atoms with van der Waals surface area (Å²) in [6, 6.07) is 19.9. The molecule has 110 valence electrons. The number of hydrogen-bond donors (Lipinski definition) is 2. The average Bonchev–Trinajstić information content (AvgIpc) is 2.52. The number of benzene rings is 2. The molecule has 1 aliphatic rings. The van der Waals surface area contributed by atoms with E-state index in [2.05, 4.69) is 66.9 Å². The van der Waals surface area contributed by atoms with Crippen molar-refractivity contribution in [2.75, 3.05) is 0 Å². The maximum absolute atomic E-state index is 5.96. The summed E-state index contributed by atoms with van der Waals surface area (Å²) in [6.45, 7) is 2.19. The van der Waals surface area contributed by atoms with E-state index in [0.717, 1.165) is 6.42 Å². The van der Waals surface area contributed by atoms with Gasteiger partial charge in [0.25, 0.3) is 0 Å². The second-order valence-corrected chi connectivity index (χ2v) is 6.07. The number of nitrogens with two attached hydrogens (primary N) is 1. The zero-order chi connectivity index (χ0) is 14.7. The van der Waals surface area contributed by atoms with Crippen LogP contribution in [0.15, 0.2) is 54.6 Å². The second kappa shape index (κ2) is 6.00. The normalized spacial score (nSPS) is 18.0. The van der Waals surface area contributed by atoms with E-state index in [1.165, 1.54) is 36.0 Å². The molecular formula is C19H24N2. The minimum Gasteiger partial charge on any atom is -0.271 e. The Bertz CT molecular complexity index is 570. The van der Waals surface area contributed by atoms with Gasteiger partial charge in [-0.1, -0.05) is 67.9 Å². The molecule has 21 heavy (non-hydrogen) atoms. The summed E-state index contributed by atoms with van der Waals surface area (Å²) in [5.74, 6) is 5.96. The second-order valence-electron chi connectivity index (χ2n) is 6.07. The highest BCUT2D eigenvalue weighted by molar-refractivity contribution is 5.36. The van der Waals surface area contributed by atoms with Gasteiger partial charge in [0, 0.05) is 5.41 Å². The van der Waals surface area contributed by atoms with Gasteiger partial charge in [-0.25, -0.2) is 0 Å². The smallest absolute Gasteiger partial charge is 0.0556 e. The molecule has 0 radical (unpaired) electrons. The standard InChI is InChI=1S/C19H24N2/c1-2-15-9-11-16(12-10-15)18(21-20)19(13-6-14-19)17-7-4-3-5-8-17/h3-5,7-12,18,21H,2,6,13-14,20H2,1H3. The quantitative estimate of drug-likeness (QED) is 0.644. The molecule has 2 aromatic rings. The van der Waals surface area contributed by atoms with Gasteiger partial charge in [0.2, 0.25) is 0 Å². The van der Waals surface area contributed by atoms with Crippen LogP contribution >= 0.6 is 0 Å². The Balaban J connectivity index is 1.97. The Labute approximate surface area is 127 Å². The van der Waals surface area contributed by atoms with Crippen LogP contribution in [0.5, 0.6) is 0 Å². The van der Waals surface area contributed by atoms with Gasteiger partial charge in [-0.15, -0.1) is 0 Å². The molecule has 0 aromatic heterocycles. The first kappa shape index (κ1) is 14.3. The van der Waals surface area contributed by atoms with Gasteiger partial charge in [-0.3, -0.25) is 11.3 Å². The van der Waals surface area contributed by atoms with E-state index in [4.69, 9.17) is 5.84 Å². The first-order valence-electron chi connectivity index (χ1n) is 7.90. The van der Waals surface area contributed by atoms with Crippen LogP contribution < -0.4 is 11.3 Å². The highest BCUT2D eigenvalue weighted by atomic mass is 15.2. The largest absolute Gasteiger partial charge is 0.271 e. The number of nitrogens with one attached hydrogen (secondary N) is 1. The van der Waals surface area contributed by atoms with Crippen LogP contribution in [-0.4, -0.2) is 0 Å². The molecule has 0 saturated heterocycles. The SMILES string of the molecule is CCc1ccc(C(NN)C2(c3ccccc3)CCC2)cc1. The maximum Gasteiger partial charge on any atom is 0.0556 e. The van der Waals surface area contributed by atoms with Crippen molar-refractivity contribution in [1.82, 2.24) is 5.43 Å².